The summed E-state index contributed by atoms with van der Waals surface area (Å²) in [4.78, 5) is 16.8. The average Bonchev–Trinajstić information content (AvgIpc) is 2.45. The molecule has 0 amide bonds. The molecule has 1 saturated heterocycles. The number of nitrogens with one attached hydrogen (secondary N) is 2. The fraction of sp³-hybridized carbons (Fsp3) is 0.583. The zero-order chi connectivity index (χ0) is 13.5. The monoisotopic (exact) mass is 265 g/mol. The molecule has 0 unspecified atom stereocenters. The van der Waals surface area contributed by atoms with Gasteiger partial charge in [-0.25, -0.2) is 4.98 Å². The summed E-state index contributed by atoms with van der Waals surface area (Å²) in [5.41, 5.74) is 0.0321. The zero-order valence-corrected chi connectivity index (χ0v) is 10.8. The second kappa shape index (κ2) is 7.01. The van der Waals surface area contributed by atoms with Crippen molar-refractivity contribution in [3.8, 4) is 0 Å². The van der Waals surface area contributed by atoms with Gasteiger partial charge in [-0.3, -0.25) is 10.1 Å². The van der Waals surface area contributed by atoms with E-state index in [1.807, 2.05) is 0 Å². The number of hydrogen-bond donors (Lipinski definition) is 2. The summed E-state index contributed by atoms with van der Waals surface area (Å²) in [5.74, 6) is 0.354. The molecule has 1 aliphatic rings. The first-order valence-corrected chi connectivity index (χ1v) is 6.54. The number of anilines is 1. The number of aromatic nitrogens is 1. The van der Waals surface area contributed by atoms with Crippen molar-refractivity contribution in [2.45, 2.75) is 6.42 Å². The normalized spacial score (nSPS) is 16.2. The number of pyridine rings is 1. The Bertz CT molecular complexity index is 420. The topological polar surface area (TPSA) is 83.3 Å². The Morgan fingerprint density at radius 2 is 2.26 bits per heavy atom. The number of hydrogen-bond acceptors (Lipinski definition) is 6. The number of rotatable bonds is 6. The maximum atomic E-state index is 10.8. The smallest absolute Gasteiger partial charge is 0.311 e. The average molecular weight is 265 g/mol. The molecule has 104 valence electrons. The van der Waals surface area contributed by atoms with Gasteiger partial charge in [0, 0.05) is 45.0 Å². The van der Waals surface area contributed by atoms with Crippen LogP contribution in [0.5, 0.6) is 0 Å². The predicted octanol–water partition coefficient (Wildman–Crippen LogP) is 0.697. The van der Waals surface area contributed by atoms with Gasteiger partial charge in [0.2, 0.25) is 5.82 Å². The van der Waals surface area contributed by atoms with Gasteiger partial charge in [0.25, 0.3) is 0 Å². The molecule has 0 aromatic carbocycles. The summed E-state index contributed by atoms with van der Waals surface area (Å²) in [5, 5.41) is 17.2. The highest BCUT2D eigenvalue weighted by Crippen LogP contribution is 2.19. The van der Waals surface area contributed by atoms with E-state index in [4.69, 9.17) is 0 Å². The lowest BCUT2D eigenvalue weighted by Gasteiger charge is -2.27. The summed E-state index contributed by atoms with van der Waals surface area (Å²) < 4.78 is 0. The van der Waals surface area contributed by atoms with Gasteiger partial charge in [-0.2, -0.15) is 0 Å². The van der Waals surface area contributed by atoms with Crippen LogP contribution in [0.3, 0.4) is 0 Å². The molecule has 0 atom stereocenters. The molecule has 0 aliphatic carbocycles. The number of piperazine rings is 1. The molecule has 19 heavy (non-hydrogen) atoms. The largest absolute Gasteiger partial charge is 0.364 e. The third-order valence-corrected chi connectivity index (χ3v) is 3.14. The molecule has 7 nitrogen and oxygen atoms in total. The van der Waals surface area contributed by atoms with E-state index in [9.17, 15) is 10.1 Å². The van der Waals surface area contributed by atoms with Crippen LogP contribution in [0.2, 0.25) is 0 Å². The standard InChI is InChI=1S/C12H19N5O2/c18-17(19)11-3-1-4-14-12(11)15-5-2-8-16-9-6-13-7-10-16/h1,3-4,13H,2,5-10H2,(H,14,15). The minimum absolute atomic E-state index is 0.0321. The highest BCUT2D eigenvalue weighted by molar-refractivity contribution is 5.54. The van der Waals surface area contributed by atoms with Crippen LogP contribution in [0, 0.1) is 10.1 Å². The molecule has 1 aliphatic heterocycles. The van der Waals surface area contributed by atoms with E-state index < -0.39 is 4.92 Å². The van der Waals surface area contributed by atoms with Gasteiger partial charge in [-0.1, -0.05) is 0 Å². The van der Waals surface area contributed by atoms with Crippen LogP contribution in [0.15, 0.2) is 18.3 Å². The van der Waals surface area contributed by atoms with Crippen molar-refractivity contribution in [2.24, 2.45) is 0 Å². The van der Waals surface area contributed by atoms with Gasteiger partial charge in [0.15, 0.2) is 0 Å². The van der Waals surface area contributed by atoms with E-state index >= 15 is 0 Å². The zero-order valence-electron chi connectivity index (χ0n) is 10.8. The first-order chi connectivity index (χ1) is 9.27. The Balaban J connectivity index is 1.74. The molecular formula is C12H19N5O2. The SMILES string of the molecule is O=[N+]([O-])c1cccnc1NCCCN1CCNCC1. The molecule has 2 rings (SSSR count). The van der Waals surface area contributed by atoms with Crippen LogP contribution in [-0.4, -0.2) is 54.1 Å². The highest BCUT2D eigenvalue weighted by Gasteiger charge is 2.13. The molecular weight excluding hydrogens is 246 g/mol. The third kappa shape index (κ3) is 4.15. The van der Waals surface area contributed by atoms with E-state index in [1.54, 1.807) is 12.3 Å². The van der Waals surface area contributed by atoms with Gasteiger partial charge < -0.3 is 15.5 Å². The summed E-state index contributed by atoms with van der Waals surface area (Å²) >= 11 is 0. The van der Waals surface area contributed by atoms with Crippen molar-refractivity contribution >= 4 is 11.5 Å². The Morgan fingerprint density at radius 1 is 1.47 bits per heavy atom. The van der Waals surface area contributed by atoms with Crippen molar-refractivity contribution in [3.05, 3.63) is 28.4 Å². The van der Waals surface area contributed by atoms with Gasteiger partial charge in [0.1, 0.15) is 0 Å². The highest BCUT2D eigenvalue weighted by atomic mass is 16.6. The van der Waals surface area contributed by atoms with Crippen molar-refractivity contribution in [1.29, 1.82) is 0 Å². The Morgan fingerprint density at radius 3 is 3.00 bits per heavy atom. The summed E-state index contributed by atoms with van der Waals surface area (Å²) in [7, 11) is 0. The van der Waals surface area contributed by atoms with Crippen molar-refractivity contribution in [1.82, 2.24) is 15.2 Å². The number of nitro groups is 1. The Hall–Kier alpha value is -1.73. The molecule has 2 N–H and O–H groups in total. The second-order valence-electron chi connectivity index (χ2n) is 4.50. The van der Waals surface area contributed by atoms with Crippen molar-refractivity contribution < 1.29 is 4.92 Å². The second-order valence-corrected chi connectivity index (χ2v) is 4.50. The van der Waals surface area contributed by atoms with Crippen LogP contribution in [0.4, 0.5) is 11.5 Å². The third-order valence-electron chi connectivity index (χ3n) is 3.14. The van der Waals surface area contributed by atoms with Crippen molar-refractivity contribution in [2.75, 3.05) is 44.6 Å². The minimum atomic E-state index is -0.411. The molecule has 1 aromatic heterocycles. The molecule has 0 bridgehead atoms. The maximum Gasteiger partial charge on any atom is 0.311 e. The van der Waals surface area contributed by atoms with Crippen LogP contribution in [0.25, 0.3) is 0 Å². The van der Waals surface area contributed by atoms with E-state index in [0.717, 1.165) is 39.1 Å². The van der Waals surface area contributed by atoms with Gasteiger partial charge >= 0.3 is 5.69 Å². The predicted molar refractivity (Wildman–Crippen MR) is 73.3 cm³/mol. The first-order valence-electron chi connectivity index (χ1n) is 6.54. The van der Waals surface area contributed by atoms with Crippen LogP contribution >= 0.6 is 0 Å². The lowest BCUT2D eigenvalue weighted by molar-refractivity contribution is -0.384. The molecule has 1 aromatic rings. The van der Waals surface area contributed by atoms with E-state index in [0.29, 0.717) is 12.4 Å². The van der Waals surface area contributed by atoms with E-state index in [-0.39, 0.29) is 5.69 Å². The maximum absolute atomic E-state index is 10.8. The van der Waals surface area contributed by atoms with Gasteiger partial charge in [-0.15, -0.1) is 0 Å². The fourth-order valence-corrected chi connectivity index (χ4v) is 2.12. The first kappa shape index (κ1) is 13.7. The Labute approximate surface area is 112 Å². The van der Waals surface area contributed by atoms with Gasteiger partial charge in [-0.05, 0) is 19.0 Å². The fourth-order valence-electron chi connectivity index (χ4n) is 2.12. The summed E-state index contributed by atoms with van der Waals surface area (Å²) in [6.07, 6.45) is 2.51. The van der Waals surface area contributed by atoms with Gasteiger partial charge in [0.05, 0.1) is 4.92 Å². The number of nitrogens with zero attached hydrogens (tertiary/aromatic N) is 3. The Kier molecular flexibility index (Phi) is 5.05. The lowest BCUT2D eigenvalue weighted by Crippen LogP contribution is -2.44. The molecule has 0 spiro atoms. The molecule has 0 saturated carbocycles. The minimum Gasteiger partial charge on any atom is -0.364 e. The molecule has 7 heteroatoms. The molecule has 2 heterocycles. The molecule has 1 fully saturated rings. The van der Waals surface area contributed by atoms with E-state index in [1.165, 1.54) is 6.07 Å². The molecule has 0 radical (unpaired) electrons. The van der Waals surface area contributed by atoms with E-state index in [2.05, 4.69) is 20.5 Å². The quantitative estimate of drug-likeness (QED) is 0.447. The van der Waals surface area contributed by atoms with Crippen LogP contribution in [0.1, 0.15) is 6.42 Å². The van der Waals surface area contributed by atoms with Crippen molar-refractivity contribution in [3.63, 3.8) is 0 Å². The lowest BCUT2D eigenvalue weighted by atomic mass is 10.3. The van der Waals surface area contributed by atoms with Crippen LogP contribution in [-0.2, 0) is 0 Å². The summed E-state index contributed by atoms with van der Waals surface area (Å²) in [6.45, 7) is 5.93. The van der Waals surface area contributed by atoms with Crippen LogP contribution < -0.4 is 10.6 Å². The summed E-state index contributed by atoms with van der Waals surface area (Å²) in [6, 6.07) is 3.04.